The van der Waals surface area contributed by atoms with E-state index in [9.17, 15) is 15.2 Å². The van der Waals surface area contributed by atoms with Crippen LogP contribution in [-0.2, 0) is 4.84 Å². The molecule has 0 fully saturated rings. The van der Waals surface area contributed by atoms with Crippen molar-refractivity contribution in [2.45, 2.75) is 90.3 Å². The Morgan fingerprint density at radius 3 is 2.00 bits per heavy atom. The maximum absolute atomic E-state index is 10.5. The molecule has 0 aromatic rings. The van der Waals surface area contributed by atoms with E-state index in [0.717, 1.165) is 51.4 Å². The summed E-state index contributed by atoms with van der Waals surface area (Å²) in [7, 11) is 0. The number of hydrogen-bond acceptors (Lipinski definition) is 4. The van der Waals surface area contributed by atoms with E-state index >= 15 is 0 Å². The minimum atomic E-state index is -0.778. The van der Waals surface area contributed by atoms with Gasteiger partial charge in [-0.05, 0) is 12.8 Å². The van der Waals surface area contributed by atoms with Gasteiger partial charge in [0.25, 0.3) is 5.09 Å². The van der Waals surface area contributed by atoms with Gasteiger partial charge in [0, 0.05) is 0 Å². The van der Waals surface area contributed by atoms with Crippen LogP contribution in [0.5, 0.6) is 0 Å². The van der Waals surface area contributed by atoms with Gasteiger partial charge in [-0.1, -0.05) is 65.2 Å². The molecule has 0 saturated heterocycles. The zero-order chi connectivity index (χ0) is 14.5. The van der Waals surface area contributed by atoms with Gasteiger partial charge in [0.15, 0.2) is 0 Å². The summed E-state index contributed by atoms with van der Waals surface area (Å²) in [4.78, 5) is 15.1. The first kappa shape index (κ1) is 18.2. The molecule has 0 rings (SSSR count). The average Bonchev–Trinajstić information content (AvgIpc) is 2.37. The molecule has 0 aromatic heterocycles. The van der Waals surface area contributed by atoms with E-state index in [2.05, 4.69) is 18.7 Å². The molecule has 0 amide bonds. The fourth-order valence-electron chi connectivity index (χ4n) is 2.16. The van der Waals surface area contributed by atoms with Crippen LogP contribution in [-0.4, -0.2) is 22.4 Å². The SMILES string of the molecule is CCCCCCC(O)C(CCCCCC)O[N+](=O)[O-]. The summed E-state index contributed by atoms with van der Waals surface area (Å²) in [6, 6.07) is 0. The standard InChI is InChI=1S/C14H29NO4/c1-3-5-7-9-11-13(16)14(19-15(17)18)12-10-8-6-4-2/h13-14,16H,3-12H2,1-2H3. The molecule has 0 bridgehead atoms. The Balaban J connectivity index is 3.96. The molecule has 0 aliphatic heterocycles. The van der Waals surface area contributed by atoms with Gasteiger partial charge in [-0.15, -0.1) is 10.1 Å². The van der Waals surface area contributed by atoms with Crippen LogP contribution in [0.1, 0.15) is 78.1 Å². The molecule has 0 aliphatic rings. The molecule has 0 saturated carbocycles. The number of unbranched alkanes of at least 4 members (excludes halogenated alkanes) is 6. The van der Waals surface area contributed by atoms with Crippen molar-refractivity contribution in [1.82, 2.24) is 0 Å². The largest absolute Gasteiger partial charge is 0.391 e. The van der Waals surface area contributed by atoms with Gasteiger partial charge in [-0.3, -0.25) is 0 Å². The predicted molar refractivity (Wildman–Crippen MR) is 75.4 cm³/mol. The third-order valence-electron chi connectivity index (χ3n) is 3.35. The molecule has 114 valence electrons. The lowest BCUT2D eigenvalue weighted by Gasteiger charge is -2.20. The highest BCUT2D eigenvalue weighted by atomic mass is 17.0. The van der Waals surface area contributed by atoms with E-state index < -0.39 is 17.3 Å². The van der Waals surface area contributed by atoms with Gasteiger partial charge < -0.3 is 9.94 Å². The predicted octanol–water partition coefficient (Wildman–Crippen LogP) is 3.87. The highest BCUT2D eigenvalue weighted by Crippen LogP contribution is 2.16. The van der Waals surface area contributed by atoms with E-state index in [0.29, 0.717) is 12.8 Å². The van der Waals surface area contributed by atoms with Crippen molar-refractivity contribution in [3.05, 3.63) is 10.1 Å². The highest BCUT2D eigenvalue weighted by molar-refractivity contribution is 4.68. The molecular formula is C14H29NO4. The first-order chi connectivity index (χ1) is 9.11. The molecule has 0 spiro atoms. The summed E-state index contributed by atoms with van der Waals surface area (Å²) in [5.74, 6) is 0. The van der Waals surface area contributed by atoms with Crippen LogP contribution < -0.4 is 0 Å². The molecule has 19 heavy (non-hydrogen) atoms. The smallest absolute Gasteiger partial charge is 0.294 e. The van der Waals surface area contributed by atoms with E-state index in [1.54, 1.807) is 0 Å². The summed E-state index contributed by atoms with van der Waals surface area (Å²) in [5.41, 5.74) is 0. The summed E-state index contributed by atoms with van der Waals surface area (Å²) in [5, 5.41) is 19.7. The average molecular weight is 275 g/mol. The summed E-state index contributed by atoms with van der Waals surface area (Å²) in [6.07, 6.45) is 8.19. The van der Waals surface area contributed by atoms with Crippen LogP contribution in [0.15, 0.2) is 0 Å². The second-order valence-electron chi connectivity index (χ2n) is 5.13. The number of nitrogens with zero attached hydrogens (tertiary/aromatic N) is 1. The molecule has 0 aromatic carbocycles. The molecule has 5 heteroatoms. The lowest BCUT2D eigenvalue weighted by Crippen LogP contribution is -2.31. The maximum atomic E-state index is 10.5. The Hall–Kier alpha value is -0.840. The summed E-state index contributed by atoms with van der Waals surface area (Å²) in [6.45, 7) is 4.25. The van der Waals surface area contributed by atoms with Gasteiger partial charge >= 0.3 is 0 Å². The van der Waals surface area contributed by atoms with Crippen molar-refractivity contribution in [2.75, 3.05) is 0 Å². The lowest BCUT2D eigenvalue weighted by atomic mass is 10.0. The zero-order valence-electron chi connectivity index (χ0n) is 12.3. The van der Waals surface area contributed by atoms with Gasteiger partial charge in [-0.25, -0.2) is 0 Å². The quantitative estimate of drug-likeness (QED) is 0.314. The molecule has 5 nitrogen and oxygen atoms in total. The Labute approximate surface area is 116 Å². The van der Waals surface area contributed by atoms with Crippen LogP contribution in [0, 0.1) is 10.1 Å². The van der Waals surface area contributed by atoms with Crippen LogP contribution in [0.2, 0.25) is 0 Å². The van der Waals surface area contributed by atoms with Crippen molar-refractivity contribution < 1.29 is 15.0 Å². The minimum Gasteiger partial charge on any atom is -0.391 e. The number of aliphatic hydroxyl groups excluding tert-OH is 1. The Morgan fingerprint density at radius 2 is 1.53 bits per heavy atom. The molecular weight excluding hydrogens is 246 g/mol. The minimum absolute atomic E-state index is 0.565. The van der Waals surface area contributed by atoms with E-state index in [-0.39, 0.29) is 0 Å². The second kappa shape index (κ2) is 12.2. The van der Waals surface area contributed by atoms with Crippen molar-refractivity contribution in [3.8, 4) is 0 Å². The van der Waals surface area contributed by atoms with Crippen LogP contribution in [0.3, 0.4) is 0 Å². The Morgan fingerprint density at radius 1 is 1.00 bits per heavy atom. The monoisotopic (exact) mass is 275 g/mol. The van der Waals surface area contributed by atoms with Crippen molar-refractivity contribution >= 4 is 0 Å². The van der Waals surface area contributed by atoms with Gasteiger partial charge in [0.2, 0.25) is 0 Å². The van der Waals surface area contributed by atoms with Crippen LogP contribution in [0.4, 0.5) is 0 Å². The number of rotatable bonds is 13. The van der Waals surface area contributed by atoms with Gasteiger partial charge in [0.1, 0.15) is 6.10 Å². The van der Waals surface area contributed by atoms with E-state index in [1.165, 1.54) is 0 Å². The third-order valence-corrected chi connectivity index (χ3v) is 3.35. The number of aliphatic hydroxyl groups is 1. The molecule has 0 radical (unpaired) electrons. The Kier molecular flexibility index (Phi) is 11.7. The molecule has 2 unspecified atom stereocenters. The van der Waals surface area contributed by atoms with Crippen LogP contribution >= 0.6 is 0 Å². The van der Waals surface area contributed by atoms with Crippen molar-refractivity contribution in [3.63, 3.8) is 0 Å². The fourth-order valence-corrected chi connectivity index (χ4v) is 2.16. The normalized spacial score (nSPS) is 14.1. The van der Waals surface area contributed by atoms with Gasteiger partial charge in [-0.2, -0.15) is 0 Å². The first-order valence-electron chi connectivity index (χ1n) is 7.61. The second-order valence-corrected chi connectivity index (χ2v) is 5.13. The highest BCUT2D eigenvalue weighted by Gasteiger charge is 2.22. The summed E-state index contributed by atoms with van der Waals surface area (Å²) >= 11 is 0. The van der Waals surface area contributed by atoms with Crippen LogP contribution in [0.25, 0.3) is 0 Å². The Bertz CT molecular complexity index is 223. The van der Waals surface area contributed by atoms with Crippen molar-refractivity contribution in [1.29, 1.82) is 0 Å². The van der Waals surface area contributed by atoms with E-state index in [4.69, 9.17) is 0 Å². The molecule has 2 atom stereocenters. The van der Waals surface area contributed by atoms with Crippen molar-refractivity contribution in [2.24, 2.45) is 0 Å². The molecule has 0 aliphatic carbocycles. The topological polar surface area (TPSA) is 72.6 Å². The number of hydrogen-bond donors (Lipinski definition) is 1. The molecule has 0 heterocycles. The molecule has 1 N–H and O–H groups in total. The first-order valence-corrected chi connectivity index (χ1v) is 7.61. The zero-order valence-corrected chi connectivity index (χ0v) is 12.3. The van der Waals surface area contributed by atoms with E-state index in [1.807, 2.05) is 0 Å². The lowest BCUT2D eigenvalue weighted by molar-refractivity contribution is -0.771. The maximum Gasteiger partial charge on any atom is 0.294 e. The third kappa shape index (κ3) is 10.7. The summed E-state index contributed by atoms with van der Waals surface area (Å²) < 4.78 is 0. The fraction of sp³-hybridized carbons (Fsp3) is 1.00. The van der Waals surface area contributed by atoms with Gasteiger partial charge in [0.05, 0.1) is 6.10 Å².